The Morgan fingerprint density at radius 2 is 1.93 bits per heavy atom. The zero-order valence-corrected chi connectivity index (χ0v) is 10.6. The molecular formula is C11H23NO2S. The first-order valence-electron chi connectivity index (χ1n) is 5.94. The quantitative estimate of drug-likeness (QED) is 0.784. The Morgan fingerprint density at radius 1 is 1.33 bits per heavy atom. The van der Waals surface area contributed by atoms with E-state index in [1.807, 2.05) is 0 Å². The lowest BCUT2D eigenvalue weighted by molar-refractivity contribution is 0.346. The highest BCUT2D eigenvalue weighted by atomic mass is 32.2. The van der Waals surface area contributed by atoms with Crippen molar-refractivity contribution in [3.63, 3.8) is 0 Å². The molecular weight excluding hydrogens is 210 g/mol. The van der Waals surface area contributed by atoms with Crippen molar-refractivity contribution in [1.82, 2.24) is 0 Å². The zero-order valence-electron chi connectivity index (χ0n) is 9.78. The maximum absolute atomic E-state index is 11.3. The average Bonchev–Trinajstić information content (AvgIpc) is 2.55. The molecule has 0 aromatic rings. The van der Waals surface area contributed by atoms with Gasteiger partial charge in [0.1, 0.15) is 0 Å². The molecule has 1 aliphatic heterocycles. The summed E-state index contributed by atoms with van der Waals surface area (Å²) < 4.78 is 22.6. The van der Waals surface area contributed by atoms with E-state index >= 15 is 0 Å². The monoisotopic (exact) mass is 233 g/mol. The molecule has 0 bridgehead atoms. The first-order valence-corrected chi connectivity index (χ1v) is 7.76. The van der Waals surface area contributed by atoms with Crippen molar-refractivity contribution in [3.8, 4) is 0 Å². The molecule has 0 radical (unpaired) electrons. The Kier molecular flexibility index (Phi) is 4.59. The summed E-state index contributed by atoms with van der Waals surface area (Å²) in [6.07, 6.45) is 4.03. The molecule has 0 aromatic heterocycles. The van der Waals surface area contributed by atoms with Gasteiger partial charge in [-0.25, -0.2) is 8.42 Å². The van der Waals surface area contributed by atoms with Crippen LogP contribution in [0.1, 0.15) is 39.5 Å². The van der Waals surface area contributed by atoms with Crippen LogP contribution < -0.4 is 5.73 Å². The molecule has 0 aliphatic carbocycles. The molecule has 90 valence electrons. The summed E-state index contributed by atoms with van der Waals surface area (Å²) in [6.45, 7) is 4.35. The van der Waals surface area contributed by atoms with Gasteiger partial charge >= 0.3 is 0 Å². The summed E-state index contributed by atoms with van der Waals surface area (Å²) in [6, 6.07) is 0.0761. The number of nitrogens with two attached hydrogens (primary N) is 1. The minimum Gasteiger partial charge on any atom is -0.327 e. The van der Waals surface area contributed by atoms with Crippen molar-refractivity contribution < 1.29 is 8.42 Å². The van der Waals surface area contributed by atoms with Gasteiger partial charge in [-0.15, -0.1) is 0 Å². The van der Waals surface area contributed by atoms with Crippen LogP contribution in [0.3, 0.4) is 0 Å². The van der Waals surface area contributed by atoms with Crippen molar-refractivity contribution >= 4 is 9.84 Å². The molecule has 2 atom stereocenters. The number of hydrogen-bond acceptors (Lipinski definition) is 3. The van der Waals surface area contributed by atoms with Crippen LogP contribution in [0.25, 0.3) is 0 Å². The predicted molar refractivity (Wildman–Crippen MR) is 63.4 cm³/mol. The lowest BCUT2D eigenvalue weighted by atomic mass is 9.88. The number of hydrogen-bond donors (Lipinski definition) is 1. The van der Waals surface area contributed by atoms with Crippen molar-refractivity contribution in [2.75, 3.05) is 11.5 Å². The van der Waals surface area contributed by atoms with E-state index in [-0.39, 0.29) is 12.0 Å². The molecule has 1 aliphatic rings. The maximum Gasteiger partial charge on any atom is 0.150 e. The van der Waals surface area contributed by atoms with Gasteiger partial charge < -0.3 is 5.73 Å². The predicted octanol–water partition coefficient (Wildman–Crippen LogP) is 1.57. The van der Waals surface area contributed by atoms with Crippen LogP contribution >= 0.6 is 0 Å². The highest BCUT2D eigenvalue weighted by Crippen LogP contribution is 2.25. The lowest BCUT2D eigenvalue weighted by Gasteiger charge is -2.22. The summed E-state index contributed by atoms with van der Waals surface area (Å²) in [5.74, 6) is 1.52. The van der Waals surface area contributed by atoms with Gasteiger partial charge in [0, 0.05) is 6.04 Å². The fourth-order valence-corrected chi connectivity index (χ4v) is 4.26. The fourth-order valence-electron chi connectivity index (χ4n) is 2.36. The second-order valence-electron chi connectivity index (χ2n) is 4.75. The van der Waals surface area contributed by atoms with Crippen molar-refractivity contribution in [2.45, 2.75) is 45.6 Å². The third kappa shape index (κ3) is 3.76. The molecule has 3 nitrogen and oxygen atoms in total. The van der Waals surface area contributed by atoms with E-state index in [2.05, 4.69) is 13.8 Å². The summed E-state index contributed by atoms with van der Waals surface area (Å²) >= 11 is 0. The van der Waals surface area contributed by atoms with Gasteiger partial charge in [0.2, 0.25) is 0 Å². The Morgan fingerprint density at radius 3 is 2.33 bits per heavy atom. The molecule has 1 saturated heterocycles. The van der Waals surface area contributed by atoms with Crippen LogP contribution in [0, 0.1) is 11.8 Å². The summed E-state index contributed by atoms with van der Waals surface area (Å²) in [5, 5.41) is 0. The van der Waals surface area contributed by atoms with E-state index in [0.29, 0.717) is 17.4 Å². The molecule has 0 saturated carbocycles. The Hall–Kier alpha value is -0.0900. The standard InChI is InChI=1S/C11H23NO2S/c1-3-9(4-2)7-11(12)10-5-6-15(13,14)8-10/h9-11H,3-8,12H2,1-2H3. The molecule has 0 aromatic carbocycles. The number of sulfone groups is 1. The molecule has 1 fully saturated rings. The second kappa shape index (κ2) is 5.30. The highest BCUT2D eigenvalue weighted by Gasteiger charge is 2.32. The third-order valence-electron chi connectivity index (χ3n) is 3.63. The Labute approximate surface area is 93.3 Å². The van der Waals surface area contributed by atoms with Crippen molar-refractivity contribution in [2.24, 2.45) is 17.6 Å². The molecule has 15 heavy (non-hydrogen) atoms. The molecule has 0 spiro atoms. The lowest BCUT2D eigenvalue weighted by Crippen LogP contribution is -2.33. The van der Waals surface area contributed by atoms with Gasteiger partial charge in [-0.3, -0.25) is 0 Å². The Balaban J connectivity index is 2.44. The largest absolute Gasteiger partial charge is 0.327 e. The molecule has 2 unspecified atom stereocenters. The van der Waals surface area contributed by atoms with Crippen LogP contribution in [0.2, 0.25) is 0 Å². The fraction of sp³-hybridized carbons (Fsp3) is 1.00. The molecule has 2 N–H and O–H groups in total. The van der Waals surface area contributed by atoms with E-state index in [1.54, 1.807) is 0 Å². The highest BCUT2D eigenvalue weighted by molar-refractivity contribution is 7.91. The normalized spacial score (nSPS) is 27.1. The second-order valence-corrected chi connectivity index (χ2v) is 6.97. The molecule has 1 heterocycles. The maximum atomic E-state index is 11.3. The van der Waals surface area contributed by atoms with Gasteiger partial charge in [-0.05, 0) is 24.7 Å². The van der Waals surface area contributed by atoms with Crippen LogP contribution in [-0.4, -0.2) is 26.0 Å². The van der Waals surface area contributed by atoms with E-state index in [0.717, 1.165) is 25.7 Å². The molecule has 1 rings (SSSR count). The number of rotatable bonds is 5. The Bertz CT molecular complexity index is 283. The van der Waals surface area contributed by atoms with E-state index in [1.165, 1.54) is 0 Å². The average molecular weight is 233 g/mol. The molecule has 4 heteroatoms. The van der Waals surface area contributed by atoms with Crippen molar-refractivity contribution in [3.05, 3.63) is 0 Å². The first-order chi connectivity index (χ1) is 6.98. The minimum atomic E-state index is -2.77. The summed E-state index contributed by atoms with van der Waals surface area (Å²) in [4.78, 5) is 0. The van der Waals surface area contributed by atoms with Gasteiger partial charge in [-0.1, -0.05) is 26.7 Å². The SMILES string of the molecule is CCC(CC)CC(N)C1CCS(=O)(=O)C1. The van der Waals surface area contributed by atoms with Gasteiger partial charge in [0.05, 0.1) is 11.5 Å². The zero-order chi connectivity index (χ0) is 11.5. The summed E-state index contributed by atoms with van der Waals surface area (Å²) in [5.41, 5.74) is 6.09. The van der Waals surface area contributed by atoms with Crippen LogP contribution in [-0.2, 0) is 9.84 Å². The van der Waals surface area contributed by atoms with E-state index in [9.17, 15) is 8.42 Å². The van der Waals surface area contributed by atoms with Crippen LogP contribution in [0.4, 0.5) is 0 Å². The van der Waals surface area contributed by atoms with Crippen LogP contribution in [0.15, 0.2) is 0 Å². The van der Waals surface area contributed by atoms with Crippen molar-refractivity contribution in [1.29, 1.82) is 0 Å². The summed E-state index contributed by atoms with van der Waals surface area (Å²) in [7, 11) is -2.77. The van der Waals surface area contributed by atoms with Crippen LogP contribution in [0.5, 0.6) is 0 Å². The first kappa shape index (κ1) is 13.0. The van der Waals surface area contributed by atoms with Gasteiger partial charge in [0.15, 0.2) is 9.84 Å². The minimum absolute atomic E-state index is 0.0761. The topological polar surface area (TPSA) is 60.2 Å². The molecule has 0 amide bonds. The van der Waals surface area contributed by atoms with Gasteiger partial charge in [0.25, 0.3) is 0 Å². The third-order valence-corrected chi connectivity index (χ3v) is 5.43. The van der Waals surface area contributed by atoms with Gasteiger partial charge in [-0.2, -0.15) is 0 Å². The smallest absolute Gasteiger partial charge is 0.150 e. The van der Waals surface area contributed by atoms with E-state index < -0.39 is 9.84 Å². The van der Waals surface area contributed by atoms with E-state index in [4.69, 9.17) is 5.73 Å².